The number of nitrogens with one attached hydrogen (secondary N) is 3. The Bertz CT molecular complexity index is 1510. The SMILES string of the molecule is O=C(NCc1cccnc1)OCCN(CCc1c[nH]c2ccccc12)Cc1ccc(C2C#CC2C(=O)NO)cc1. The predicted octanol–water partition coefficient (Wildman–Crippen LogP) is 3.76. The summed E-state index contributed by atoms with van der Waals surface area (Å²) in [6.45, 7) is 2.62. The third-order valence-corrected chi connectivity index (χ3v) is 7.04. The van der Waals surface area contributed by atoms with Gasteiger partial charge in [0.2, 0.25) is 0 Å². The number of carbonyl (C=O) groups is 2. The van der Waals surface area contributed by atoms with Crippen LogP contribution in [0.4, 0.5) is 4.79 Å². The topological polar surface area (TPSA) is 120 Å². The number of pyridine rings is 1. The number of hydrogen-bond donors (Lipinski definition) is 4. The minimum Gasteiger partial charge on any atom is -0.448 e. The van der Waals surface area contributed by atoms with Crippen LogP contribution in [0.25, 0.3) is 10.9 Å². The first kappa shape index (κ1) is 26.9. The average molecular weight is 538 g/mol. The number of aromatic amines is 1. The van der Waals surface area contributed by atoms with E-state index in [9.17, 15) is 9.59 Å². The Labute approximate surface area is 232 Å². The molecule has 2 heterocycles. The first-order valence-corrected chi connectivity index (χ1v) is 13.2. The van der Waals surface area contributed by atoms with Gasteiger partial charge in [-0.25, -0.2) is 10.3 Å². The van der Waals surface area contributed by atoms with Gasteiger partial charge in [0.15, 0.2) is 0 Å². The normalized spacial score (nSPS) is 15.7. The van der Waals surface area contributed by atoms with E-state index in [1.807, 2.05) is 48.5 Å². The molecule has 40 heavy (non-hydrogen) atoms. The minimum atomic E-state index is -0.537. The molecule has 4 N–H and O–H groups in total. The molecule has 1 aliphatic carbocycles. The van der Waals surface area contributed by atoms with Crippen LogP contribution in [0.3, 0.4) is 0 Å². The first-order chi connectivity index (χ1) is 19.6. The number of rotatable bonds is 12. The highest BCUT2D eigenvalue weighted by Crippen LogP contribution is 2.30. The maximum atomic E-state index is 12.2. The number of hydroxylamine groups is 1. The van der Waals surface area contributed by atoms with Crippen molar-refractivity contribution in [3.8, 4) is 11.8 Å². The minimum absolute atomic E-state index is 0.224. The molecule has 9 heteroatoms. The zero-order valence-electron chi connectivity index (χ0n) is 22.0. The summed E-state index contributed by atoms with van der Waals surface area (Å²) in [4.78, 5) is 33.7. The monoisotopic (exact) mass is 537 g/mol. The maximum absolute atomic E-state index is 12.2. The van der Waals surface area contributed by atoms with Gasteiger partial charge in [-0.3, -0.25) is 19.9 Å². The van der Waals surface area contributed by atoms with Gasteiger partial charge in [0.05, 0.1) is 5.92 Å². The van der Waals surface area contributed by atoms with E-state index in [0.29, 0.717) is 19.6 Å². The van der Waals surface area contributed by atoms with Gasteiger partial charge in [0.25, 0.3) is 5.91 Å². The van der Waals surface area contributed by atoms with E-state index < -0.39 is 17.9 Å². The second-order valence-electron chi connectivity index (χ2n) is 9.70. The van der Waals surface area contributed by atoms with Gasteiger partial charge < -0.3 is 15.0 Å². The Kier molecular flexibility index (Phi) is 8.71. The largest absolute Gasteiger partial charge is 0.448 e. The summed E-state index contributed by atoms with van der Waals surface area (Å²) in [5.41, 5.74) is 6.98. The van der Waals surface area contributed by atoms with Gasteiger partial charge in [0.1, 0.15) is 12.5 Å². The third kappa shape index (κ3) is 6.67. The molecule has 0 bridgehead atoms. The van der Waals surface area contributed by atoms with Crippen molar-refractivity contribution in [2.24, 2.45) is 5.92 Å². The number of H-pyrrole nitrogens is 1. The Hall–Kier alpha value is -4.65. The fourth-order valence-corrected chi connectivity index (χ4v) is 4.78. The van der Waals surface area contributed by atoms with Crippen molar-refractivity contribution >= 4 is 22.9 Å². The molecule has 5 rings (SSSR count). The molecule has 0 radical (unpaired) electrons. The van der Waals surface area contributed by atoms with Crippen LogP contribution < -0.4 is 10.8 Å². The van der Waals surface area contributed by atoms with Crippen molar-refractivity contribution in [3.05, 3.63) is 102 Å². The van der Waals surface area contributed by atoms with Crippen molar-refractivity contribution < 1.29 is 19.5 Å². The lowest BCUT2D eigenvalue weighted by atomic mass is 9.79. The number of carbonyl (C=O) groups excluding carboxylic acids is 2. The Morgan fingerprint density at radius 3 is 2.62 bits per heavy atom. The van der Waals surface area contributed by atoms with Crippen LogP contribution in [-0.2, 0) is 29.0 Å². The first-order valence-electron chi connectivity index (χ1n) is 13.2. The van der Waals surface area contributed by atoms with Crippen LogP contribution in [0.2, 0.25) is 0 Å². The molecule has 2 amide bonds. The molecule has 4 aromatic rings. The zero-order valence-corrected chi connectivity index (χ0v) is 22.0. The fraction of sp³-hybridized carbons (Fsp3) is 0.258. The number of alkyl carbamates (subject to hydrolysis) is 1. The molecule has 2 aromatic carbocycles. The summed E-state index contributed by atoms with van der Waals surface area (Å²) < 4.78 is 5.47. The fourth-order valence-electron chi connectivity index (χ4n) is 4.78. The van der Waals surface area contributed by atoms with E-state index in [2.05, 4.69) is 50.4 Å². The van der Waals surface area contributed by atoms with Crippen molar-refractivity contribution in [2.45, 2.75) is 25.4 Å². The van der Waals surface area contributed by atoms with Crippen molar-refractivity contribution in [2.75, 3.05) is 19.7 Å². The molecule has 2 unspecified atom stereocenters. The number of aromatic nitrogens is 2. The number of benzene rings is 2. The number of hydrogen-bond acceptors (Lipinski definition) is 6. The smallest absolute Gasteiger partial charge is 0.407 e. The number of nitrogens with zero attached hydrogens (tertiary/aromatic N) is 2. The maximum Gasteiger partial charge on any atom is 0.407 e. The second-order valence-corrected chi connectivity index (χ2v) is 9.70. The molecule has 0 spiro atoms. The molecule has 0 aliphatic heterocycles. The average Bonchev–Trinajstić information content (AvgIpc) is 3.38. The summed E-state index contributed by atoms with van der Waals surface area (Å²) in [5.74, 6) is 4.56. The molecule has 1 aliphatic rings. The van der Waals surface area contributed by atoms with Crippen LogP contribution in [0.15, 0.2) is 79.3 Å². The van der Waals surface area contributed by atoms with E-state index >= 15 is 0 Å². The molecule has 0 fully saturated rings. The number of fused-ring (bicyclic) bond motifs is 1. The molecule has 2 atom stereocenters. The lowest BCUT2D eigenvalue weighted by Gasteiger charge is -2.24. The molecular formula is C31H31N5O4. The molecule has 0 saturated heterocycles. The summed E-state index contributed by atoms with van der Waals surface area (Å²) in [6, 6.07) is 20.0. The Morgan fingerprint density at radius 2 is 1.88 bits per heavy atom. The summed E-state index contributed by atoms with van der Waals surface area (Å²) in [6.07, 6.45) is 5.82. The second kappa shape index (κ2) is 12.9. The number of amides is 2. The van der Waals surface area contributed by atoms with E-state index in [-0.39, 0.29) is 12.5 Å². The third-order valence-electron chi connectivity index (χ3n) is 7.04. The van der Waals surface area contributed by atoms with Crippen LogP contribution in [0.1, 0.15) is 28.2 Å². The van der Waals surface area contributed by atoms with Gasteiger partial charge in [-0.05, 0) is 40.8 Å². The molecule has 0 saturated carbocycles. The van der Waals surface area contributed by atoms with E-state index in [4.69, 9.17) is 9.94 Å². The van der Waals surface area contributed by atoms with Gasteiger partial charge in [0, 0.05) is 55.7 Å². The molecule has 9 nitrogen and oxygen atoms in total. The highest BCUT2D eigenvalue weighted by Gasteiger charge is 2.32. The quantitative estimate of drug-likeness (QED) is 0.124. The van der Waals surface area contributed by atoms with Crippen LogP contribution in [0, 0.1) is 17.8 Å². The van der Waals surface area contributed by atoms with Crippen molar-refractivity contribution in [1.82, 2.24) is 25.7 Å². The number of para-hydroxylation sites is 1. The highest BCUT2D eigenvalue weighted by molar-refractivity contribution is 5.84. The standard InChI is InChI=1S/C31H31N5O4/c37-30(35-39)28-12-11-26(28)24-9-7-22(8-10-24)21-36(15-13-25-20-33-29-6-2-1-5-27(25)29)16-17-40-31(38)34-19-23-4-3-14-32-18-23/h1-10,14,18,20,26,28,33,39H,13,15-17,19,21H2,(H,34,38)(H,35,37). The van der Waals surface area contributed by atoms with Crippen molar-refractivity contribution in [1.29, 1.82) is 0 Å². The molecular weight excluding hydrogens is 506 g/mol. The van der Waals surface area contributed by atoms with E-state index in [1.165, 1.54) is 10.9 Å². The van der Waals surface area contributed by atoms with Crippen LogP contribution >= 0.6 is 0 Å². The van der Waals surface area contributed by atoms with Crippen LogP contribution in [-0.4, -0.2) is 51.8 Å². The van der Waals surface area contributed by atoms with Crippen molar-refractivity contribution in [3.63, 3.8) is 0 Å². The van der Waals surface area contributed by atoms with E-state index in [0.717, 1.165) is 35.2 Å². The highest BCUT2D eigenvalue weighted by atomic mass is 16.5. The summed E-state index contributed by atoms with van der Waals surface area (Å²) in [7, 11) is 0. The van der Waals surface area contributed by atoms with Gasteiger partial charge in [-0.2, -0.15) is 0 Å². The summed E-state index contributed by atoms with van der Waals surface area (Å²) in [5, 5.41) is 12.9. The lowest BCUT2D eigenvalue weighted by Crippen LogP contribution is -2.34. The van der Waals surface area contributed by atoms with Crippen LogP contribution in [0.5, 0.6) is 0 Å². The van der Waals surface area contributed by atoms with Gasteiger partial charge in [-0.15, -0.1) is 0 Å². The number of ether oxygens (including phenoxy) is 1. The Balaban J connectivity index is 1.19. The summed E-state index contributed by atoms with van der Waals surface area (Å²) >= 11 is 0. The lowest BCUT2D eigenvalue weighted by molar-refractivity contribution is -0.132. The molecule has 2 aromatic heterocycles. The Morgan fingerprint density at radius 1 is 1.02 bits per heavy atom. The zero-order chi connectivity index (χ0) is 27.7. The van der Waals surface area contributed by atoms with Gasteiger partial charge in [-0.1, -0.05) is 60.4 Å². The predicted molar refractivity (Wildman–Crippen MR) is 150 cm³/mol. The molecule has 204 valence electrons. The van der Waals surface area contributed by atoms with E-state index in [1.54, 1.807) is 17.9 Å². The van der Waals surface area contributed by atoms with Gasteiger partial charge >= 0.3 is 6.09 Å².